The van der Waals surface area contributed by atoms with E-state index in [4.69, 9.17) is 4.74 Å². The summed E-state index contributed by atoms with van der Waals surface area (Å²) >= 11 is 0. The number of ether oxygens (including phenoxy) is 1. The van der Waals surface area contributed by atoms with Gasteiger partial charge in [0.2, 0.25) is 11.8 Å². The van der Waals surface area contributed by atoms with Crippen LogP contribution in [0.15, 0.2) is 42.9 Å². The highest BCUT2D eigenvalue weighted by molar-refractivity contribution is 5.79. The van der Waals surface area contributed by atoms with E-state index >= 15 is 0 Å². The summed E-state index contributed by atoms with van der Waals surface area (Å²) in [5, 5.41) is 0. The summed E-state index contributed by atoms with van der Waals surface area (Å²) in [4.78, 5) is 22.3. The zero-order valence-electron chi connectivity index (χ0n) is 12.6. The van der Waals surface area contributed by atoms with Crippen LogP contribution in [0.4, 0.5) is 0 Å². The summed E-state index contributed by atoms with van der Waals surface area (Å²) in [7, 11) is 0. The van der Waals surface area contributed by atoms with Crippen molar-refractivity contribution in [1.29, 1.82) is 0 Å². The number of hydrogen-bond acceptors (Lipinski definition) is 4. The number of nitrogens with zero attached hydrogens (tertiary/aromatic N) is 3. The van der Waals surface area contributed by atoms with Crippen molar-refractivity contribution in [2.75, 3.05) is 13.1 Å². The first-order chi connectivity index (χ1) is 10.7. The lowest BCUT2D eigenvalue weighted by Gasteiger charge is -2.17. The van der Waals surface area contributed by atoms with E-state index in [1.54, 1.807) is 18.6 Å². The van der Waals surface area contributed by atoms with E-state index in [9.17, 15) is 4.79 Å². The SMILES string of the molecule is Cc1cccc(CC(=O)N2CCC(Oc3cnccn3)C2)c1. The van der Waals surface area contributed by atoms with Crippen LogP contribution in [-0.4, -0.2) is 40.0 Å². The van der Waals surface area contributed by atoms with Gasteiger partial charge >= 0.3 is 0 Å². The highest BCUT2D eigenvalue weighted by atomic mass is 16.5. The normalized spacial score (nSPS) is 17.5. The maximum atomic E-state index is 12.4. The predicted molar refractivity (Wildman–Crippen MR) is 82.5 cm³/mol. The molecule has 2 aromatic rings. The Hall–Kier alpha value is -2.43. The monoisotopic (exact) mass is 297 g/mol. The number of likely N-dealkylation sites (tertiary alicyclic amines) is 1. The van der Waals surface area contributed by atoms with Gasteiger partial charge in [0, 0.05) is 25.4 Å². The molecule has 1 saturated heterocycles. The van der Waals surface area contributed by atoms with E-state index < -0.39 is 0 Å². The molecule has 1 amide bonds. The average molecular weight is 297 g/mol. The lowest BCUT2D eigenvalue weighted by molar-refractivity contribution is -0.129. The molecule has 0 bridgehead atoms. The maximum Gasteiger partial charge on any atom is 0.232 e. The number of amides is 1. The third-order valence-electron chi connectivity index (χ3n) is 3.76. The van der Waals surface area contributed by atoms with Crippen molar-refractivity contribution < 1.29 is 9.53 Å². The number of aromatic nitrogens is 2. The minimum Gasteiger partial charge on any atom is -0.471 e. The fourth-order valence-electron chi connectivity index (χ4n) is 2.68. The lowest BCUT2D eigenvalue weighted by Crippen LogP contribution is -2.32. The van der Waals surface area contributed by atoms with Crippen LogP contribution in [0, 0.1) is 6.92 Å². The molecule has 0 spiro atoms. The number of hydrogen-bond donors (Lipinski definition) is 0. The van der Waals surface area contributed by atoms with E-state index in [-0.39, 0.29) is 12.0 Å². The molecule has 1 fully saturated rings. The van der Waals surface area contributed by atoms with Crippen molar-refractivity contribution in [1.82, 2.24) is 14.9 Å². The Morgan fingerprint density at radius 1 is 1.41 bits per heavy atom. The third-order valence-corrected chi connectivity index (χ3v) is 3.76. The first kappa shape index (κ1) is 14.5. The summed E-state index contributed by atoms with van der Waals surface area (Å²) in [5.74, 6) is 0.663. The first-order valence-corrected chi connectivity index (χ1v) is 7.47. The molecule has 5 heteroatoms. The average Bonchev–Trinajstić information content (AvgIpc) is 2.97. The molecule has 0 saturated carbocycles. The van der Waals surface area contributed by atoms with Crippen molar-refractivity contribution in [2.45, 2.75) is 25.9 Å². The van der Waals surface area contributed by atoms with Crippen molar-refractivity contribution in [3.63, 3.8) is 0 Å². The van der Waals surface area contributed by atoms with Crippen molar-refractivity contribution in [3.8, 4) is 5.88 Å². The molecule has 0 N–H and O–H groups in total. The van der Waals surface area contributed by atoms with E-state index in [0.29, 0.717) is 18.8 Å². The summed E-state index contributed by atoms with van der Waals surface area (Å²) in [6.45, 7) is 3.38. The Kier molecular flexibility index (Phi) is 4.32. The van der Waals surface area contributed by atoms with Crippen LogP contribution >= 0.6 is 0 Å². The molecular formula is C17H19N3O2. The Morgan fingerprint density at radius 3 is 3.09 bits per heavy atom. The summed E-state index contributed by atoms with van der Waals surface area (Å²) in [6.07, 6.45) is 6.08. The molecule has 1 atom stereocenters. The molecule has 3 rings (SSSR count). The molecule has 0 aliphatic carbocycles. The molecule has 22 heavy (non-hydrogen) atoms. The topological polar surface area (TPSA) is 55.3 Å². The number of benzene rings is 1. The van der Waals surface area contributed by atoms with Crippen LogP contribution < -0.4 is 4.74 Å². The summed E-state index contributed by atoms with van der Waals surface area (Å²) in [5.41, 5.74) is 2.24. The fraction of sp³-hybridized carbons (Fsp3) is 0.353. The molecule has 1 aliphatic heterocycles. The van der Waals surface area contributed by atoms with Crippen LogP contribution in [0.5, 0.6) is 5.88 Å². The smallest absolute Gasteiger partial charge is 0.232 e. The van der Waals surface area contributed by atoms with Gasteiger partial charge in [-0.25, -0.2) is 4.98 Å². The molecule has 1 aliphatic rings. The molecular weight excluding hydrogens is 278 g/mol. The Labute approximate surface area is 130 Å². The van der Waals surface area contributed by atoms with Crippen LogP contribution in [0.2, 0.25) is 0 Å². The minimum atomic E-state index is -0.00170. The Balaban J connectivity index is 1.55. The van der Waals surface area contributed by atoms with Crippen LogP contribution in [0.3, 0.4) is 0 Å². The number of carbonyl (C=O) groups is 1. The Morgan fingerprint density at radius 2 is 2.32 bits per heavy atom. The number of carbonyl (C=O) groups excluding carboxylic acids is 1. The van der Waals surface area contributed by atoms with Gasteiger partial charge in [0.15, 0.2) is 0 Å². The van der Waals surface area contributed by atoms with Crippen molar-refractivity contribution in [3.05, 3.63) is 54.0 Å². The number of aryl methyl sites for hydroxylation is 1. The van der Waals surface area contributed by atoms with Gasteiger partial charge in [-0.05, 0) is 12.5 Å². The first-order valence-electron chi connectivity index (χ1n) is 7.47. The van der Waals surface area contributed by atoms with Gasteiger partial charge in [0.05, 0.1) is 19.2 Å². The molecule has 114 valence electrons. The molecule has 1 aromatic heterocycles. The van der Waals surface area contributed by atoms with Crippen LogP contribution in [0.25, 0.3) is 0 Å². The quantitative estimate of drug-likeness (QED) is 0.866. The van der Waals surface area contributed by atoms with Crippen LogP contribution in [-0.2, 0) is 11.2 Å². The molecule has 1 aromatic carbocycles. The standard InChI is InChI=1S/C17H19N3O2/c1-13-3-2-4-14(9-13)10-17(21)20-8-5-15(12-20)22-16-11-18-6-7-19-16/h2-4,6-7,9,11,15H,5,8,10,12H2,1H3. The zero-order valence-corrected chi connectivity index (χ0v) is 12.6. The van der Waals surface area contributed by atoms with E-state index in [0.717, 1.165) is 18.5 Å². The molecule has 0 radical (unpaired) electrons. The molecule has 5 nitrogen and oxygen atoms in total. The lowest BCUT2D eigenvalue weighted by atomic mass is 10.1. The van der Waals surface area contributed by atoms with E-state index in [1.807, 2.05) is 30.0 Å². The van der Waals surface area contributed by atoms with Gasteiger partial charge in [0.25, 0.3) is 0 Å². The molecule has 2 heterocycles. The summed E-state index contributed by atoms with van der Waals surface area (Å²) in [6, 6.07) is 8.08. The fourth-order valence-corrected chi connectivity index (χ4v) is 2.68. The zero-order chi connectivity index (χ0) is 15.4. The Bertz CT molecular complexity index is 645. The van der Waals surface area contributed by atoms with E-state index in [1.165, 1.54) is 5.56 Å². The van der Waals surface area contributed by atoms with E-state index in [2.05, 4.69) is 16.0 Å². The second-order valence-electron chi connectivity index (χ2n) is 5.58. The van der Waals surface area contributed by atoms with Gasteiger partial charge < -0.3 is 9.64 Å². The molecule has 1 unspecified atom stereocenters. The number of rotatable bonds is 4. The largest absolute Gasteiger partial charge is 0.471 e. The van der Waals surface area contributed by atoms with Crippen LogP contribution in [0.1, 0.15) is 17.5 Å². The third kappa shape index (κ3) is 3.61. The predicted octanol–water partition coefficient (Wildman–Crippen LogP) is 2.01. The van der Waals surface area contributed by atoms with Gasteiger partial charge in [-0.3, -0.25) is 9.78 Å². The summed E-state index contributed by atoms with van der Waals surface area (Å²) < 4.78 is 5.76. The van der Waals surface area contributed by atoms with Gasteiger partial charge in [-0.15, -0.1) is 0 Å². The van der Waals surface area contributed by atoms with Gasteiger partial charge in [-0.1, -0.05) is 29.8 Å². The van der Waals surface area contributed by atoms with Gasteiger partial charge in [0.1, 0.15) is 6.10 Å². The highest BCUT2D eigenvalue weighted by Crippen LogP contribution is 2.17. The van der Waals surface area contributed by atoms with Crippen molar-refractivity contribution >= 4 is 5.91 Å². The second-order valence-corrected chi connectivity index (χ2v) is 5.58. The highest BCUT2D eigenvalue weighted by Gasteiger charge is 2.27. The second kappa shape index (κ2) is 6.56. The van der Waals surface area contributed by atoms with Gasteiger partial charge in [-0.2, -0.15) is 0 Å². The minimum absolute atomic E-state index is 0.00170. The maximum absolute atomic E-state index is 12.4. The van der Waals surface area contributed by atoms with Crippen molar-refractivity contribution in [2.24, 2.45) is 0 Å².